The molecular weight excluding hydrogens is 172 g/mol. The zero-order valence-electron chi connectivity index (χ0n) is 8.99. The second kappa shape index (κ2) is 5.32. The molecule has 2 nitrogen and oxygen atoms in total. The van der Waals surface area contributed by atoms with Crippen LogP contribution in [-0.4, -0.2) is 10.2 Å². The van der Waals surface area contributed by atoms with Crippen LogP contribution < -0.4 is 0 Å². The van der Waals surface area contributed by atoms with Gasteiger partial charge in [0.05, 0.1) is 11.7 Å². The van der Waals surface area contributed by atoms with E-state index in [1.807, 2.05) is 19.9 Å². The van der Waals surface area contributed by atoms with Crippen LogP contribution in [0.4, 0.5) is 0 Å². The van der Waals surface area contributed by atoms with Gasteiger partial charge in [-0.15, -0.1) is 0 Å². The smallest absolute Gasteiger partial charge is 0.0932 e. The molecule has 0 fully saturated rings. The van der Waals surface area contributed by atoms with Gasteiger partial charge < -0.3 is 0 Å². The van der Waals surface area contributed by atoms with Gasteiger partial charge in [-0.05, 0) is 24.1 Å². The molecular formula is C12H16N2. The number of hydrogen-bond donors (Lipinski definition) is 0. The number of hydrogen-bond acceptors (Lipinski definition) is 2. The minimum absolute atomic E-state index is 0.983. The van der Waals surface area contributed by atoms with Crippen LogP contribution in [0.5, 0.6) is 0 Å². The van der Waals surface area contributed by atoms with Crippen molar-refractivity contribution in [2.24, 2.45) is 0 Å². The highest BCUT2D eigenvalue weighted by Crippen LogP contribution is 2.12. The minimum atomic E-state index is 0.983. The second-order valence-corrected chi connectivity index (χ2v) is 2.78. The standard InChI is InChI=1S/C10H10N2.C2H6/c1-2-8-3-4-9-5-6-11-12-10(9)7-8;1-2/h3-7H,2H2,1H3;1-2H3. The van der Waals surface area contributed by atoms with Crippen molar-refractivity contribution in [3.05, 3.63) is 36.0 Å². The molecule has 0 bridgehead atoms. The van der Waals surface area contributed by atoms with Crippen molar-refractivity contribution in [1.82, 2.24) is 10.2 Å². The van der Waals surface area contributed by atoms with Gasteiger partial charge in [0.25, 0.3) is 0 Å². The molecule has 0 N–H and O–H groups in total. The van der Waals surface area contributed by atoms with Gasteiger partial charge in [-0.1, -0.05) is 32.9 Å². The number of benzene rings is 1. The van der Waals surface area contributed by atoms with Gasteiger partial charge in [0.1, 0.15) is 0 Å². The predicted octanol–water partition coefficient (Wildman–Crippen LogP) is 3.22. The summed E-state index contributed by atoms with van der Waals surface area (Å²) in [6.45, 7) is 6.14. The van der Waals surface area contributed by atoms with E-state index in [-0.39, 0.29) is 0 Å². The molecule has 1 aromatic heterocycles. The Hall–Kier alpha value is -1.44. The van der Waals surface area contributed by atoms with Gasteiger partial charge in [0.2, 0.25) is 0 Å². The van der Waals surface area contributed by atoms with Gasteiger partial charge in [0, 0.05) is 5.39 Å². The lowest BCUT2D eigenvalue weighted by Crippen LogP contribution is -1.84. The summed E-state index contributed by atoms with van der Waals surface area (Å²) < 4.78 is 0. The third-order valence-corrected chi connectivity index (χ3v) is 1.99. The average Bonchev–Trinajstić information content (AvgIpc) is 2.31. The van der Waals surface area contributed by atoms with Crippen LogP contribution >= 0.6 is 0 Å². The number of rotatable bonds is 1. The zero-order valence-corrected chi connectivity index (χ0v) is 8.99. The van der Waals surface area contributed by atoms with Gasteiger partial charge >= 0.3 is 0 Å². The largest absolute Gasteiger partial charge is 0.159 e. The summed E-state index contributed by atoms with van der Waals surface area (Å²) in [6, 6.07) is 8.27. The quantitative estimate of drug-likeness (QED) is 0.686. The molecule has 0 saturated carbocycles. The fraction of sp³-hybridized carbons (Fsp3) is 0.333. The summed E-state index contributed by atoms with van der Waals surface area (Å²) in [4.78, 5) is 0. The molecule has 0 saturated heterocycles. The Kier molecular flexibility index (Phi) is 4.05. The Balaban J connectivity index is 0.000000461. The number of nitrogens with zero attached hydrogens (tertiary/aromatic N) is 2. The van der Waals surface area contributed by atoms with Gasteiger partial charge in [-0.25, -0.2) is 0 Å². The maximum Gasteiger partial charge on any atom is 0.0932 e. The van der Waals surface area contributed by atoms with E-state index < -0.39 is 0 Å². The predicted molar refractivity (Wildman–Crippen MR) is 60.3 cm³/mol. The van der Waals surface area contributed by atoms with E-state index >= 15 is 0 Å². The molecule has 74 valence electrons. The highest BCUT2D eigenvalue weighted by atomic mass is 15.1. The molecule has 0 unspecified atom stereocenters. The van der Waals surface area contributed by atoms with E-state index in [4.69, 9.17) is 0 Å². The van der Waals surface area contributed by atoms with E-state index in [0.29, 0.717) is 0 Å². The lowest BCUT2D eigenvalue weighted by molar-refractivity contribution is 1.07. The summed E-state index contributed by atoms with van der Waals surface area (Å²) in [7, 11) is 0. The van der Waals surface area contributed by atoms with E-state index in [0.717, 1.165) is 17.3 Å². The summed E-state index contributed by atoms with van der Waals surface area (Å²) >= 11 is 0. The van der Waals surface area contributed by atoms with Gasteiger partial charge in [-0.2, -0.15) is 10.2 Å². The van der Waals surface area contributed by atoms with Crippen molar-refractivity contribution in [3.8, 4) is 0 Å². The molecule has 0 amide bonds. The first kappa shape index (κ1) is 10.6. The second-order valence-electron chi connectivity index (χ2n) is 2.78. The van der Waals surface area contributed by atoms with Gasteiger partial charge in [0.15, 0.2) is 0 Å². The molecule has 1 heterocycles. The van der Waals surface area contributed by atoms with E-state index in [1.54, 1.807) is 6.20 Å². The molecule has 0 atom stereocenters. The molecule has 0 aliphatic heterocycles. The van der Waals surface area contributed by atoms with Crippen molar-refractivity contribution in [3.63, 3.8) is 0 Å². The Morgan fingerprint density at radius 3 is 2.64 bits per heavy atom. The van der Waals surface area contributed by atoms with Crippen molar-refractivity contribution >= 4 is 10.9 Å². The fourth-order valence-electron chi connectivity index (χ4n) is 1.25. The summed E-state index contributed by atoms with van der Waals surface area (Å²) in [5.41, 5.74) is 2.29. The molecule has 0 aliphatic rings. The molecule has 2 rings (SSSR count). The Morgan fingerprint density at radius 2 is 1.93 bits per heavy atom. The van der Waals surface area contributed by atoms with Crippen molar-refractivity contribution in [2.75, 3.05) is 0 Å². The van der Waals surface area contributed by atoms with E-state index in [2.05, 4.69) is 35.3 Å². The molecule has 0 spiro atoms. The molecule has 0 aliphatic carbocycles. The molecule has 0 radical (unpaired) electrons. The number of fused-ring (bicyclic) bond motifs is 1. The molecule has 14 heavy (non-hydrogen) atoms. The molecule has 2 heteroatoms. The maximum atomic E-state index is 4.04. The maximum absolute atomic E-state index is 4.04. The SMILES string of the molecule is CC.CCc1ccc2ccnnc2c1. The van der Waals surface area contributed by atoms with Crippen molar-refractivity contribution in [2.45, 2.75) is 27.2 Å². The van der Waals surface area contributed by atoms with Crippen LogP contribution in [0.25, 0.3) is 10.9 Å². The van der Waals surface area contributed by atoms with Crippen molar-refractivity contribution in [1.29, 1.82) is 0 Å². The van der Waals surface area contributed by atoms with Crippen LogP contribution in [0.15, 0.2) is 30.5 Å². The monoisotopic (exact) mass is 188 g/mol. The Labute approximate surface area is 85.0 Å². The summed E-state index contributed by atoms with van der Waals surface area (Å²) in [5.74, 6) is 0. The highest BCUT2D eigenvalue weighted by molar-refractivity contribution is 5.78. The van der Waals surface area contributed by atoms with E-state index in [9.17, 15) is 0 Å². The van der Waals surface area contributed by atoms with Crippen LogP contribution in [0.3, 0.4) is 0 Å². The zero-order chi connectivity index (χ0) is 10.4. The summed E-state index contributed by atoms with van der Waals surface area (Å²) in [6.07, 6.45) is 2.76. The third-order valence-electron chi connectivity index (χ3n) is 1.99. The lowest BCUT2D eigenvalue weighted by Gasteiger charge is -1.97. The first-order chi connectivity index (χ1) is 6.90. The Morgan fingerprint density at radius 1 is 1.14 bits per heavy atom. The average molecular weight is 188 g/mol. The number of aromatic nitrogens is 2. The van der Waals surface area contributed by atoms with Crippen LogP contribution in [-0.2, 0) is 6.42 Å². The normalized spacial score (nSPS) is 9.36. The van der Waals surface area contributed by atoms with Gasteiger partial charge in [-0.3, -0.25) is 0 Å². The molecule has 2 aromatic rings. The molecule has 1 aromatic carbocycles. The van der Waals surface area contributed by atoms with Crippen LogP contribution in [0, 0.1) is 0 Å². The van der Waals surface area contributed by atoms with Crippen LogP contribution in [0.2, 0.25) is 0 Å². The lowest BCUT2D eigenvalue weighted by atomic mass is 10.1. The van der Waals surface area contributed by atoms with Crippen LogP contribution in [0.1, 0.15) is 26.3 Å². The third kappa shape index (κ3) is 2.28. The summed E-state index contributed by atoms with van der Waals surface area (Å²) in [5, 5.41) is 9.03. The van der Waals surface area contributed by atoms with E-state index in [1.165, 1.54) is 5.56 Å². The van der Waals surface area contributed by atoms with Crippen molar-refractivity contribution < 1.29 is 0 Å². The fourth-order valence-corrected chi connectivity index (χ4v) is 1.25. The Bertz CT molecular complexity index is 396. The number of aryl methyl sites for hydroxylation is 1. The first-order valence-electron chi connectivity index (χ1n) is 5.10. The highest BCUT2D eigenvalue weighted by Gasteiger charge is 1.94. The topological polar surface area (TPSA) is 25.8 Å². The minimum Gasteiger partial charge on any atom is -0.159 e. The first-order valence-corrected chi connectivity index (χ1v) is 5.10.